The van der Waals surface area contributed by atoms with E-state index in [1.807, 2.05) is 30.3 Å². The number of nitrogens with one attached hydrogen (secondary N) is 1. The quantitative estimate of drug-likeness (QED) is 0.839. The van der Waals surface area contributed by atoms with Crippen LogP contribution < -0.4 is 5.32 Å². The number of hydrogen-bond acceptors (Lipinski definition) is 4. The summed E-state index contributed by atoms with van der Waals surface area (Å²) in [6.07, 6.45) is 0.166. The summed E-state index contributed by atoms with van der Waals surface area (Å²) in [6.45, 7) is 0.849. The largest absolute Gasteiger partial charge is 0.465 e. The lowest BCUT2D eigenvalue weighted by Gasteiger charge is -2.17. The molecule has 3 rings (SSSR count). The minimum atomic E-state index is -0.519. The Labute approximate surface area is 151 Å². The molecule has 2 amide bonds. The van der Waals surface area contributed by atoms with Gasteiger partial charge in [0.2, 0.25) is 11.8 Å². The third-order valence-electron chi connectivity index (χ3n) is 4.39. The highest BCUT2D eigenvalue weighted by Gasteiger charge is 2.34. The fraction of sp³-hybridized carbons (Fsp3) is 0.250. The number of ether oxygens (including phenoxy) is 1. The number of benzene rings is 2. The van der Waals surface area contributed by atoms with Crippen LogP contribution in [0.2, 0.25) is 0 Å². The maximum atomic E-state index is 12.6. The van der Waals surface area contributed by atoms with Gasteiger partial charge < -0.3 is 15.0 Å². The Hall–Kier alpha value is -3.15. The first-order chi connectivity index (χ1) is 12.6. The third kappa shape index (κ3) is 3.91. The summed E-state index contributed by atoms with van der Waals surface area (Å²) in [6, 6.07) is 16.3. The maximum absolute atomic E-state index is 12.6. The molecule has 1 fully saturated rings. The molecule has 0 radical (unpaired) electrons. The molecule has 0 spiro atoms. The topological polar surface area (TPSA) is 75.7 Å². The lowest BCUT2D eigenvalue weighted by molar-refractivity contribution is -0.128. The summed E-state index contributed by atoms with van der Waals surface area (Å²) < 4.78 is 4.73. The second kappa shape index (κ2) is 7.82. The van der Waals surface area contributed by atoms with Crippen LogP contribution >= 0.6 is 0 Å². The first-order valence-corrected chi connectivity index (χ1v) is 8.38. The monoisotopic (exact) mass is 352 g/mol. The van der Waals surface area contributed by atoms with Gasteiger partial charge in [-0.25, -0.2) is 4.79 Å². The van der Waals surface area contributed by atoms with E-state index in [1.54, 1.807) is 29.2 Å². The Balaban J connectivity index is 1.66. The molecular weight excluding hydrogens is 332 g/mol. The van der Waals surface area contributed by atoms with Crippen molar-refractivity contribution in [1.82, 2.24) is 4.90 Å². The van der Waals surface area contributed by atoms with Gasteiger partial charge in [0.25, 0.3) is 0 Å². The van der Waals surface area contributed by atoms with Crippen molar-refractivity contribution in [3.63, 3.8) is 0 Å². The smallest absolute Gasteiger partial charge is 0.339 e. The summed E-state index contributed by atoms with van der Waals surface area (Å²) in [4.78, 5) is 38.3. The van der Waals surface area contributed by atoms with Crippen molar-refractivity contribution >= 4 is 23.5 Å². The van der Waals surface area contributed by atoms with Crippen molar-refractivity contribution in [3.8, 4) is 0 Å². The zero-order chi connectivity index (χ0) is 18.5. The van der Waals surface area contributed by atoms with Gasteiger partial charge >= 0.3 is 5.97 Å². The number of anilines is 1. The van der Waals surface area contributed by atoms with Gasteiger partial charge in [-0.05, 0) is 17.7 Å². The molecule has 1 atom stereocenters. The predicted molar refractivity (Wildman–Crippen MR) is 96.4 cm³/mol. The Morgan fingerprint density at radius 3 is 2.54 bits per heavy atom. The van der Waals surface area contributed by atoms with Crippen molar-refractivity contribution in [1.29, 1.82) is 0 Å². The highest BCUT2D eigenvalue weighted by molar-refractivity contribution is 6.03. The Morgan fingerprint density at radius 1 is 1.12 bits per heavy atom. The molecule has 2 aromatic rings. The fourth-order valence-corrected chi connectivity index (χ4v) is 3.02. The third-order valence-corrected chi connectivity index (χ3v) is 4.39. The second-order valence-corrected chi connectivity index (χ2v) is 6.19. The number of amides is 2. The van der Waals surface area contributed by atoms with E-state index >= 15 is 0 Å². The van der Waals surface area contributed by atoms with Gasteiger partial charge in [-0.15, -0.1) is 0 Å². The molecule has 26 heavy (non-hydrogen) atoms. The van der Waals surface area contributed by atoms with Crippen molar-refractivity contribution < 1.29 is 19.1 Å². The van der Waals surface area contributed by atoms with Crippen LogP contribution in [0.1, 0.15) is 22.3 Å². The van der Waals surface area contributed by atoms with Crippen LogP contribution in [0, 0.1) is 5.92 Å². The van der Waals surface area contributed by atoms with E-state index in [4.69, 9.17) is 4.74 Å². The van der Waals surface area contributed by atoms with Crippen LogP contribution in [-0.4, -0.2) is 36.3 Å². The van der Waals surface area contributed by atoms with E-state index in [0.717, 1.165) is 5.56 Å². The van der Waals surface area contributed by atoms with Gasteiger partial charge in [-0.2, -0.15) is 0 Å². The van der Waals surface area contributed by atoms with E-state index in [9.17, 15) is 14.4 Å². The van der Waals surface area contributed by atoms with Gasteiger partial charge in [0.15, 0.2) is 0 Å². The van der Waals surface area contributed by atoms with Crippen molar-refractivity contribution in [3.05, 3.63) is 65.7 Å². The number of carbonyl (C=O) groups is 3. The Kier molecular flexibility index (Phi) is 5.31. The molecule has 1 aliphatic heterocycles. The zero-order valence-electron chi connectivity index (χ0n) is 14.5. The number of rotatable bonds is 5. The van der Waals surface area contributed by atoms with Crippen molar-refractivity contribution in [2.75, 3.05) is 19.0 Å². The summed E-state index contributed by atoms with van der Waals surface area (Å²) in [7, 11) is 1.29. The number of carbonyl (C=O) groups excluding carboxylic acids is 3. The molecule has 0 bridgehead atoms. The summed E-state index contributed by atoms with van der Waals surface area (Å²) in [5.74, 6) is -1.29. The molecule has 0 aromatic heterocycles. The summed E-state index contributed by atoms with van der Waals surface area (Å²) in [5, 5.41) is 2.75. The van der Waals surface area contributed by atoms with Gasteiger partial charge in [-0.3, -0.25) is 9.59 Å². The summed E-state index contributed by atoms with van der Waals surface area (Å²) >= 11 is 0. The van der Waals surface area contributed by atoms with E-state index in [0.29, 0.717) is 18.8 Å². The Bertz CT molecular complexity index is 820. The minimum absolute atomic E-state index is 0.0461. The number of hydrogen-bond donors (Lipinski definition) is 1. The molecule has 0 aliphatic carbocycles. The van der Waals surface area contributed by atoms with Crippen molar-refractivity contribution in [2.24, 2.45) is 5.92 Å². The fourth-order valence-electron chi connectivity index (χ4n) is 3.02. The average Bonchev–Trinajstić information content (AvgIpc) is 3.03. The molecule has 2 aromatic carbocycles. The van der Waals surface area contributed by atoms with Crippen LogP contribution in [0.15, 0.2) is 54.6 Å². The molecule has 1 heterocycles. The molecule has 0 saturated carbocycles. The van der Waals surface area contributed by atoms with Gasteiger partial charge in [0.05, 0.1) is 24.3 Å². The number of methoxy groups -OCH3 is 1. The van der Waals surface area contributed by atoms with Crippen LogP contribution in [0.4, 0.5) is 5.69 Å². The van der Waals surface area contributed by atoms with E-state index in [-0.39, 0.29) is 23.8 Å². The Morgan fingerprint density at radius 2 is 1.81 bits per heavy atom. The lowest BCUT2D eigenvalue weighted by Crippen LogP contribution is -2.28. The SMILES string of the molecule is COC(=O)c1ccccc1NC(=O)[C@H]1CC(=O)N(Cc2ccccc2)C1. The number of likely N-dealkylation sites (tertiary alicyclic amines) is 1. The molecule has 0 unspecified atom stereocenters. The van der Waals surface area contributed by atoms with Gasteiger partial charge in [0.1, 0.15) is 0 Å². The minimum Gasteiger partial charge on any atom is -0.465 e. The second-order valence-electron chi connectivity index (χ2n) is 6.19. The molecule has 1 saturated heterocycles. The predicted octanol–water partition coefficient (Wildman–Crippen LogP) is 2.46. The van der Waals surface area contributed by atoms with E-state index < -0.39 is 11.9 Å². The van der Waals surface area contributed by atoms with Crippen LogP contribution in [0.25, 0.3) is 0 Å². The van der Waals surface area contributed by atoms with Crippen molar-refractivity contribution in [2.45, 2.75) is 13.0 Å². The highest BCUT2D eigenvalue weighted by atomic mass is 16.5. The first-order valence-electron chi connectivity index (χ1n) is 8.38. The molecule has 6 heteroatoms. The lowest BCUT2D eigenvalue weighted by atomic mass is 10.1. The van der Waals surface area contributed by atoms with Gasteiger partial charge in [-0.1, -0.05) is 42.5 Å². The average molecular weight is 352 g/mol. The molecular formula is C20H20N2O4. The molecule has 134 valence electrons. The summed E-state index contributed by atoms with van der Waals surface area (Å²) in [5.41, 5.74) is 1.70. The number of nitrogens with zero attached hydrogens (tertiary/aromatic N) is 1. The van der Waals surface area contributed by atoms with E-state index in [1.165, 1.54) is 7.11 Å². The molecule has 1 aliphatic rings. The molecule has 6 nitrogen and oxygen atoms in total. The van der Waals surface area contributed by atoms with Crippen LogP contribution in [0.5, 0.6) is 0 Å². The number of para-hydroxylation sites is 1. The van der Waals surface area contributed by atoms with E-state index in [2.05, 4.69) is 5.32 Å². The maximum Gasteiger partial charge on any atom is 0.339 e. The standard InChI is InChI=1S/C20H20N2O4/c1-26-20(25)16-9-5-6-10-17(16)21-19(24)15-11-18(23)22(13-15)12-14-7-3-2-4-8-14/h2-10,15H,11-13H2,1H3,(H,21,24)/t15-/m0/s1. The van der Waals surface area contributed by atoms with Gasteiger partial charge in [0, 0.05) is 19.5 Å². The number of esters is 1. The highest BCUT2D eigenvalue weighted by Crippen LogP contribution is 2.23. The van der Waals surface area contributed by atoms with Crippen LogP contribution in [-0.2, 0) is 20.9 Å². The normalized spacial score (nSPS) is 16.4. The van der Waals surface area contributed by atoms with Crippen LogP contribution in [0.3, 0.4) is 0 Å². The zero-order valence-corrected chi connectivity index (χ0v) is 14.5. The molecule has 1 N–H and O–H groups in total. The first kappa shape index (κ1) is 17.7.